The number of amides is 1. The van der Waals surface area contributed by atoms with Gasteiger partial charge in [-0.1, -0.05) is 29.5 Å². The van der Waals surface area contributed by atoms with Crippen LogP contribution in [-0.4, -0.2) is 41.6 Å². The molecule has 0 aliphatic heterocycles. The maximum Gasteiger partial charge on any atom is 0.234 e. The predicted octanol–water partition coefficient (Wildman–Crippen LogP) is 3.16. The largest absolute Gasteiger partial charge is 0.467 e. The lowest BCUT2D eigenvalue weighted by atomic mass is 10.2. The first-order chi connectivity index (χ1) is 14.5. The van der Waals surface area contributed by atoms with E-state index in [0.717, 1.165) is 28.5 Å². The molecule has 0 atom stereocenters. The van der Waals surface area contributed by atoms with Gasteiger partial charge in [0, 0.05) is 0 Å². The molecule has 1 aromatic carbocycles. The van der Waals surface area contributed by atoms with E-state index < -0.39 is 0 Å². The molecule has 1 amide bonds. The maximum atomic E-state index is 12.6. The van der Waals surface area contributed by atoms with Crippen LogP contribution in [0.3, 0.4) is 0 Å². The van der Waals surface area contributed by atoms with Crippen LogP contribution in [-0.2, 0) is 11.3 Å². The lowest BCUT2D eigenvalue weighted by Gasteiger charge is -2.07. The number of aryl methyl sites for hydroxylation is 2. The Labute approximate surface area is 177 Å². The Morgan fingerprint density at radius 3 is 2.70 bits per heavy atom. The normalized spacial score (nSPS) is 11.0. The van der Waals surface area contributed by atoms with E-state index in [4.69, 9.17) is 4.42 Å². The van der Waals surface area contributed by atoms with Gasteiger partial charge in [-0.3, -0.25) is 4.79 Å². The van der Waals surface area contributed by atoms with Gasteiger partial charge in [0.2, 0.25) is 11.1 Å². The third kappa shape index (κ3) is 4.28. The number of carbonyl (C=O) groups excluding carboxylic acids is 1. The number of aromatic nitrogens is 6. The second-order valence-corrected chi connectivity index (χ2v) is 7.77. The van der Waals surface area contributed by atoms with Crippen molar-refractivity contribution < 1.29 is 9.21 Å². The molecule has 0 aliphatic rings. The highest BCUT2D eigenvalue weighted by atomic mass is 32.2. The second-order valence-electron chi connectivity index (χ2n) is 6.83. The minimum absolute atomic E-state index is 0.151. The van der Waals surface area contributed by atoms with E-state index in [1.165, 1.54) is 17.3 Å². The molecule has 9 nitrogen and oxygen atoms in total. The molecule has 0 aliphatic carbocycles. The zero-order chi connectivity index (χ0) is 21.1. The fourth-order valence-corrected chi connectivity index (χ4v) is 3.69. The Kier molecular flexibility index (Phi) is 5.66. The average Bonchev–Trinajstić information content (AvgIpc) is 3.46. The molecule has 3 aromatic heterocycles. The molecule has 10 heteroatoms. The molecule has 1 N–H and O–H groups in total. The quantitative estimate of drug-likeness (QED) is 0.455. The Balaban J connectivity index is 1.42. The average molecular weight is 424 g/mol. The van der Waals surface area contributed by atoms with E-state index in [1.807, 2.05) is 55.8 Å². The van der Waals surface area contributed by atoms with Crippen molar-refractivity contribution in [3.63, 3.8) is 0 Å². The Bertz CT molecular complexity index is 1150. The molecule has 0 unspecified atom stereocenters. The first kappa shape index (κ1) is 19.9. The topological polar surface area (TPSA) is 104 Å². The number of hydrogen-bond acceptors (Lipinski definition) is 7. The maximum absolute atomic E-state index is 12.6. The van der Waals surface area contributed by atoms with Crippen LogP contribution in [0.5, 0.6) is 0 Å². The Morgan fingerprint density at radius 2 is 1.97 bits per heavy atom. The lowest BCUT2D eigenvalue weighted by molar-refractivity contribution is -0.113. The molecule has 0 radical (unpaired) electrons. The van der Waals surface area contributed by atoms with Gasteiger partial charge in [-0.25, -0.2) is 9.36 Å². The van der Waals surface area contributed by atoms with E-state index >= 15 is 0 Å². The summed E-state index contributed by atoms with van der Waals surface area (Å²) in [6.07, 6.45) is 1.60. The van der Waals surface area contributed by atoms with Crippen LogP contribution < -0.4 is 5.32 Å². The SMILES string of the molecule is Cc1ccc(-n2nc(C)c(NC(=O)CSc3nnnn3Cc3ccco3)c2C)cc1. The van der Waals surface area contributed by atoms with Gasteiger partial charge in [0.25, 0.3) is 0 Å². The molecule has 30 heavy (non-hydrogen) atoms. The fourth-order valence-electron chi connectivity index (χ4n) is 3.02. The number of furan rings is 1. The van der Waals surface area contributed by atoms with E-state index in [1.54, 1.807) is 17.0 Å². The number of nitrogens with zero attached hydrogens (tertiary/aromatic N) is 6. The van der Waals surface area contributed by atoms with Crippen molar-refractivity contribution in [1.29, 1.82) is 0 Å². The van der Waals surface area contributed by atoms with Crippen molar-refractivity contribution in [3.05, 3.63) is 65.4 Å². The van der Waals surface area contributed by atoms with E-state index in [-0.39, 0.29) is 11.7 Å². The number of tetrazole rings is 1. The van der Waals surface area contributed by atoms with Crippen LogP contribution in [0.2, 0.25) is 0 Å². The van der Waals surface area contributed by atoms with E-state index in [2.05, 4.69) is 25.9 Å². The summed E-state index contributed by atoms with van der Waals surface area (Å²) in [5.41, 5.74) is 4.48. The number of carbonyl (C=O) groups is 1. The highest BCUT2D eigenvalue weighted by Gasteiger charge is 2.17. The Morgan fingerprint density at radius 1 is 1.17 bits per heavy atom. The zero-order valence-corrected chi connectivity index (χ0v) is 17.7. The minimum atomic E-state index is -0.151. The van der Waals surface area contributed by atoms with Crippen LogP contribution >= 0.6 is 11.8 Å². The molecule has 0 spiro atoms. The molecule has 0 fully saturated rings. The standard InChI is InChI=1S/C20H21N7O2S/c1-13-6-8-16(9-7-13)27-15(3)19(14(2)23-27)21-18(28)12-30-20-22-24-25-26(20)11-17-5-4-10-29-17/h4-10H,11-12H2,1-3H3,(H,21,28). The van der Waals surface area contributed by atoms with Gasteiger partial charge in [0.05, 0.1) is 34.8 Å². The number of anilines is 1. The van der Waals surface area contributed by atoms with Gasteiger partial charge in [-0.15, -0.1) is 5.10 Å². The third-order valence-electron chi connectivity index (χ3n) is 4.55. The number of benzene rings is 1. The molecular weight excluding hydrogens is 402 g/mol. The van der Waals surface area contributed by atoms with E-state index in [0.29, 0.717) is 11.7 Å². The smallest absolute Gasteiger partial charge is 0.234 e. The third-order valence-corrected chi connectivity index (χ3v) is 5.51. The van der Waals surface area contributed by atoms with Gasteiger partial charge in [-0.2, -0.15) is 5.10 Å². The fraction of sp³-hybridized carbons (Fsp3) is 0.250. The molecule has 0 saturated carbocycles. The van der Waals surface area contributed by atoms with Gasteiger partial charge in [0.1, 0.15) is 12.3 Å². The van der Waals surface area contributed by atoms with Crippen LogP contribution in [0.25, 0.3) is 5.69 Å². The van der Waals surface area contributed by atoms with Crippen molar-refractivity contribution in [1.82, 2.24) is 30.0 Å². The summed E-state index contributed by atoms with van der Waals surface area (Å²) in [6, 6.07) is 11.7. The van der Waals surface area contributed by atoms with Crippen molar-refractivity contribution in [2.75, 3.05) is 11.1 Å². The van der Waals surface area contributed by atoms with Crippen LogP contribution in [0.1, 0.15) is 22.7 Å². The molecule has 0 bridgehead atoms. The van der Waals surface area contributed by atoms with Crippen LogP contribution in [0.15, 0.2) is 52.2 Å². The molecule has 4 rings (SSSR count). The van der Waals surface area contributed by atoms with Crippen molar-refractivity contribution in [2.24, 2.45) is 0 Å². The highest BCUT2D eigenvalue weighted by Crippen LogP contribution is 2.24. The molecule has 0 saturated heterocycles. The lowest BCUT2D eigenvalue weighted by Crippen LogP contribution is -2.16. The van der Waals surface area contributed by atoms with Gasteiger partial charge >= 0.3 is 0 Å². The summed E-state index contributed by atoms with van der Waals surface area (Å²) in [6.45, 7) is 6.27. The van der Waals surface area contributed by atoms with Gasteiger partial charge in [0.15, 0.2) is 0 Å². The Hall–Kier alpha value is -3.40. The number of nitrogens with one attached hydrogen (secondary N) is 1. The summed E-state index contributed by atoms with van der Waals surface area (Å²) in [7, 11) is 0. The summed E-state index contributed by atoms with van der Waals surface area (Å²) >= 11 is 1.27. The summed E-state index contributed by atoms with van der Waals surface area (Å²) in [5.74, 6) is 0.762. The summed E-state index contributed by atoms with van der Waals surface area (Å²) in [4.78, 5) is 12.6. The number of thioether (sulfide) groups is 1. The number of rotatable bonds is 7. The predicted molar refractivity (Wildman–Crippen MR) is 113 cm³/mol. The molecule has 4 aromatic rings. The van der Waals surface area contributed by atoms with Gasteiger partial charge in [-0.05, 0) is 55.5 Å². The molecular formula is C20H21N7O2S. The van der Waals surface area contributed by atoms with Gasteiger partial charge < -0.3 is 9.73 Å². The first-order valence-electron chi connectivity index (χ1n) is 9.35. The highest BCUT2D eigenvalue weighted by molar-refractivity contribution is 7.99. The zero-order valence-electron chi connectivity index (χ0n) is 16.9. The van der Waals surface area contributed by atoms with E-state index in [9.17, 15) is 4.79 Å². The van der Waals surface area contributed by atoms with Crippen molar-refractivity contribution in [2.45, 2.75) is 32.5 Å². The first-order valence-corrected chi connectivity index (χ1v) is 10.3. The molecule has 3 heterocycles. The summed E-state index contributed by atoms with van der Waals surface area (Å²) < 4.78 is 8.76. The van der Waals surface area contributed by atoms with Crippen LogP contribution in [0, 0.1) is 20.8 Å². The van der Waals surface area contributed by atoms with Crippen LogP contribution in [0.4, 0.5) is 5.69 Å². The summed E-state index contributed by atoms with van der Waals surface area (Å²) in [5, 5.41) is 19.7. The molecule has 154 valence electrons. The second kappa shape index (κ2) is 8.54. The van der Waals surface area contributed by atoms with Crippen molar-refractivity contribution >= 4 is 23.4 Å². The van der Waals surface area contributed by atoms with Crippen molar-refractivity contribution in [3.8, 4) is 5.69 Å². The number of hydrogen-bond donors (Lipinski definition) is 1. The minimum Gasteiger partial charge on any atom is -0.467 e. The monoisotopic (exact) mass is 423 g/mol.